The van der Waals surface area contributed by atoms with Gasteiger partial charge >= 0.3 is 5.97 Å². The monoisotopic (exact) mass is 311 g/mol. The number of rotatable bonds is 2. The van der Waals surface area contributed by atoms with Crippen molar-refractivity contribution in [3.05, 3.63) is 34.9 Å². The number of carboxylic acid groups (broad SMARTS) is 1. The third kappa shape index (κ3) is 2.56. The summed E-state index contributed by atoms with van der Waals surface area (Å²) in [5.74, 6) is -2.46. The maximum Gasteiger partial charge on any atom is 0.332 e. The summed E-state index contributed by atoms with van der Waals surface area (Å²) < 4.78 is 32.7. The molecule has 1 amide bonds. The molecule has 7 heteroatoms. The van der Waals surface area contributed by atoms with Gasteiger partial charge in [0.15, 0.2) is 6.10 Å². The fourth-order valence-electron chi connectivity index (χ4n) is 2.99. The normalized spacial score (nSPS) is 24.2. The quantitative estimate of drug-likeness (QED) is 0.898. The average molecular weight is 311 g/mol. The summed E-state index contributed by atoms with van der Waals surface area (Å²) >= 11 is 0. The molecule has 2 aliphatic rings. The molecule has 0 radical (unpaired) electrons. The maximum atomic E-state index is 13.8. The van der Waals surface area contributed by atoms with E-state index in [1.165, 1.54) is 4.90 Å². The van der Waals surface area contributed by atoms with E-state index in [9.17, 15) is 18.4 Å². The van der Waals surface area contributed by atoms with Crippen molar-refractivity contribution in [2.45, 2.75) is 38.0 Å². The van der Waals surface area contributed by atoms with E-state index in [2.05, 4.69) is 0 Å². The predicted molar refractivity (Wildman–Crippen MR) is 71.0 cm³/mol. The van der Waals surface area contributed by atoms with Gasteiger partial charge < -0.3 is 14.7 Å². The molecule has 5 nitrogen and oxygen atoms in total. The van der Waals surface area contributed by atoms with Crippen molar-refractivity contribution < 1.29 is 28.2 Å². The van der Waals surface area contributed by atoms with Crippen LogP contribution in [0.1, 0.15) is 24.0 Å². The van der Waals surface area contributed by atoms with E-state index in [1.54, 1.807) is 0 Å². The van der Waals surface area contributed by atoms with Crippen molar-refractivity contribution in [2.75, 3.05) is 6.54 Å². The molecule has 1 fully saturated rings. The largest absolute Gasteiger partial charge is 0.479 e. The van der Waals surface area contributed by atoms with Crippen LogP contribution in [-0.4, -0.2) is 40.6 Å². The van der Waals surface area contributed by atoms with Gasteiger partial charge in [-0.25, -0.2) is 13.6 Å². The van der Waals surface area contributed by atoms with Crippen LogP contribution in [0.25, 0.3) is 0 Å². The summed E-state index contributed by atoms with van der Waals surface area (Å²) in [7, 11) is 0. The number of halogens is 2. The van der Waals surface area contributed by atoms with Crippen LogP contribution in [0.4, 0.5) is 8.78 Å². The predicted octanol–water partition coefficient (Wildman–Crippen LogP) is 1.48. The highest BCUT2D eigenvalue weighted by Crippen LogP contribution is 2.27. The number of carbonyl (C=O) groups is 2. The van der Waals surface area contributed by atoms with Crippen molar-refractivity contribution in [2.24, 2.45) is 0 Å². The minimum absolute atomic E-state index is 0.0185. The van der Waals surface area contributed by atoms with Gasteiger partial charge in [0.2, 0.25) is 0 Å². The standard InChI is InChI=1S/C15H15F2NO4/c16-10-1-2-11(17)9-7-18(6-5-8(9)10)14(19)12-3-4-13(22-12)15(20)21/h1-2,12-13H,3-7H2,(H,20,21)/t12-,13+/m0/s1. The number of nitrogens with zero attached hydrogens (tertiary/aromatic N) is 1. The molecule has 1 aromatic rings. The number of aliphatic carboxylic acids is 1. The van der Waals surface area contributed by atoms with Gasteiger partial charge in [-0.15, -0.1) is 0 Å². The molecule has 0 bridgehead atoms. The molecular weight excluding hydrogens is 296 g/mol. The highest BCUT2D eigenvalue weighted by Gasteiger charge is 2.38. The van der Waals surface area contributed by atoms with E-state index in [-0.39, 0.29) is 37.4 Å². The minimum Gasteiger partial charge on any atom is -0.479 e. The number of ether oxygens (including phenoxy) is 1. The van der Waals surface area contributed by atoms with Gasteiger partial charge in [0.25, 0.3) is 5.91 Å². The van der Waals surface area contributed by atoms with Crippen LogP contribution in [0.5, 0.6) is 0 Å². The van der Waals surface area contributed by atoms with Crippen LogP contribution in [0, 0.1) is 11.6 Å². The van der Waals surface area contributed by atoms with Gasteiger partial charge in [0, 0.05) is 18.7 Å². The second-order valence-corrected chi connectivity index (χ2v) is 5.53. The molecule has 1 aromatic carbocycles. The molecule has 0 aliphatic carbocycles. The number of hydrogen-bond acceptors (Lipinski definition) is 3. The Kier molecular flexibility index (Phi) is 3.82. The molecule has 1 N–H and O–H groups in total. The molecule has 0 spiro atoms. The number of carbonyl (C=O) groups excluding carboxylic acids is 1. The Labute approximate surface area is 125 Å². The van der Waals surface area contributed by atoms with Crippen LogP contribution in [-0.2, 0) is 27.3 Å². The van der Waals surface area contributed by atoms with Crippen molar-refractivity contribution in [1.29, 1.82) is 0 Å². The molecule has 2 aliphatic heterocycles. The summed E-state index contributed by atoms with van der Waals surface area (Å²) in [5, 5.41) is 8.88. The zero-order valence-corrected chi connectivity index (χ0v) is 11.7. The smallest absolute Gasteiger partial charge is 0.332 e. The number of hydrogen-bond donors (Lipinski definition) is 1. The SMILES string of the molecule is O=C(O)[C@H]1CC[C@@H](C(=O)N2CCc3c(F)ccc(F)c3C2)O1. The van der Waals surface area contributed by atoms with Gasteiger partial charge in [-0.2, -0.15) is 0 Å². The number of amides is 1. The first-order valence-electron chi connectivity index (χ1n) is 7.10. The molecule has 2 atom stereocenters. The van der Waals surface area contributed by atoms with Crippen LogP contribution < -0.4 is 0 Å². The lowest BCUT2D eigenvalue weighted by atomic mass is 9.98. The van der Waals surface area contributed by atoms with Crippen molar-refractivity contribution in [1.82, 2.24) is 4.90 Å². The van der Waals surface area contributed by atoms with E-state index < -0.39 is 29.8 Å². The Hall–Kier alpha value is -2.02. The molecule has 0 unspecified atom stereocenters. The molecule has 0 aromatic heterocycles. The first-order chi connectivity index (χ1) is 10.5. The Balaban J connectivity index is 1.74. The first kappa shape index (κ1) is 14.9. The lowest BCUT2D eigenvalue weighted by Gasteiger charge is -2.31. The van der Waals surface area contributed by atoms with Crippen LogP contribution in [0.3, 0.4) is 0 Å². The Morgan fingerprint density at radius 1 is 1.14 bits per heavy atom. The van der Waals surface area contributed by atoms with E-state index in [0.29, 0.717) is 12.0 Å². The van der Waals surface area contributed by atoms with Gasteiger partial charge in [-0.05, 0) is 37.0 Å². The molecule has 2 heterocycles. The topological polar surface area (TPSA) is 66.8 Å². The Morgan fingerprint density at radius 3 is 2.41 bits per heavy atom. The molecule has 22 heavy (non-hydrogen) atoms. The summed E-state index contributed by atoms with van der Waals surface area (Å²) in [6.45, 7) is 0.249. The third-order valence-electron chi connectivity index (χ3n) is 4.18. The third-order valence-corrected chi connectivity index (χ3v) is 4.18. The molecular formula is C15H15F2NO4. The zero-order valence-electron chi connectivity index (χ0n) is 11.7. The second-order valence-electron chi connectivity index (χ2n) is 5.53. The molecule has 3 rings (SSSR count). The fourth-order valence-corrected chi connectivity index (χ4v) is 2.99. The van der Waals surface area contributed by atoms with E-state index in [1.807, 2.05) is 0 Å². The van der Waals surface area contributed by atoms with Crippen LogP contribution in [0.15, 0.2) is 12.1 Å². The van der Waals surface area contributed by atoms with Gasteiger partial charge in [0.05, 0.1) is 0 Å². The van der Waals surface area contributed by atoms with E-state index in [0.717, 1.165) is 12.1 Å². The zero-order chi connectivity index (χ0) is 15.9. The summed E-state index contributed by atoms with van der Waals surface area (Å²) in [6, 6.07) is 2.14. The van der Waals surface area contributed by atoms with Gasteiger partial charge in [0.1, 0.15) is 17.7 Å². The van der Waals surface area contributed by atoms with Crippen molar-refractivity contribution >= 4 is 11.9 Å². The highest BCUT2D eigenvalue weighted by molar-refractivity contribution is 5.83. The second kappa shape index (κ2) is 5.64. The number of fused-ring (bicyclic) bond motifs is 1. The number of benzene rings is 1. The fraction of sp³-hybridized carbons (Fsp3) is 0.467. The van der Waals surface area contributed by atoms with Crippen molar-refractivity contribution in [3.63, 3.8) is 0 Å². The lowest BCUT2D eigenvalue weighted by molar-refractivity contribution is -0.155. The summed E-state index contributed by atoms with van der Waals surface area (Å²) in [4.78, 5) is 24.6. The number of carboxylic acids is 1. The first-order valence-corrected chi connectivity index (χ1v) is 7.10. The molecule has 1 saturated heterocycles. The summed E-state index contributed by atoms with van der Waals surface area (Å²) in [5.41, 5.74) is 0.493. The Morgan fingerprint density at radius 2 is 1.77 bits per heavy atom. The van der Waals surface area contributed by atoms with E-state index >= 15 is 0 Å². The maximum absolute atomic E-state index is 13.8. The van der Waals surface area contributed by atoms with Gasteiger partial charge in [-0.3, -0.25) is 4.79 Å². The van der Waals surface area contributed by atoms with Gasteiger partial charge in [-0.1, -0.05) is 0 Å². The minimum atomic E-state index is -1.09. The Bertz CT molecular complexity index is 634. The average Bonchev–Trinajstić information content (AvgIpc) is 3.00. The molecule has 118 valence electrons. The van der Waals surface area contributed by atoms with E-state index in [4.69, 9.17) is 9.84 Å². The summed E-state index contributed by atoms with van der Waals surface area (Å²) in [6.07, 6.45) is -0.955. The van der Waals surface area contributed by atoms with Crippen molar-refractivity contribution in [3.8, 4) is 0 Å². The van der Waals surface area contributed by atoms with Crippen LogP contribution in [0.2, 0.25) is 0 Å². The lowest BCUT2D eigenvalue weighted by Crippen LogP contribution is -2.43. The van der Waals surface area contributed by atoms with Crippen LogP contribution >= 0.6 is 0 Å². The molecule has 0 saturated carbocycles. The highest BCUT2D eigenvalue weighted by atomic mass is 19.1.